The first-order chi connectivity index (χ1) is 41.7. The molecular formula is C58H77F2N16O7PS2. The zero-order valence-electron chi connectivity index (χ0n) is 48.4. The van der Waals surface area contributed by atoms with Crippen LogP contribution in [0.25, 0.3) is 0 Å². The van der Waals surface area contributed by atoms with Crippen molar-refractivity contribution in [2.75, 3.05) is 99.9 Å². The third-order valence-electron chi connectivity index (χ3n) is 15.8. The van der Waals surface area contributed by atoms with E-state index in [1.54, 1.807) is 106 Å². The van der Waals surface area contributed by atoms with Crippen LogP contribution in [0.1, 0.15) is 65.2 Å². The maximum Gasteiger partial charge on any atom is 0.319 e. The quantitative estimate of drug-likeness (QED) is 0.0199. The molecule has 462 valence electrons. The van der Waals surface area contributed by atoms with Gasteiger partial charge < -0.3 is 50.7 Å². The molecule has 4 saturated heterocycles. The number of hydrogen-bond donors (Lipinski definition) is 6. The molecule has 4 aliphatic rings. The Labute approximate surface area is 503 Å². The molecule has 2 atom stereocenters. The van der Waals surface area contributed by atoms with Crippen molar-refractivity contribution in [3.63, 3.8) is 0 Å². The summed E-state index contributed by atoms with van der Waals surface area (Å²) in [6, 6.07) is 27.8. The fourth-order valence-corrected chi connectivity index (χ4v) is 15.7. The van der Waals surface area contributed by atoms with E-state index < -0.39 is 28.3 Å². The maximum atomic E-state index is 14.8. The van der Waals surface area contributed by atoms with Gasteiger partial charge in [0.2, 0.25) is 11.9 Å². The molecule has 0 spiro atoms. The van der Waals surface area contributed by atoms with Crippen molar-refractivity contribution in [1.29, 1.82) is 0 Å². The Hall–Kier alpha value is -6.17. The third-order valence-corrected chi connectivity index (χ3v) is 20.4. The number of nitrogens with zero attached hydrogens (tertiary/aromatic N) is 10. The van der Waals surface area contributed by atoms with Gasteiger partial charge in [-0.15, -0.1) is 8.83 Å². The van der Waals surface area contributed by atoms with Crippen LogP contribution in [0.15, 0.2) is 131 Å². The summed E-state index contributed by atoms with van der Waals surface area (Å²) >= 11 is 0. The van der Waals surface area contributed by atoms with Crippen molar-refractivity contribution in [2.45, 2.75) is 99.4 Å². The monoisotopic (exact) mass is 1240 g/mol. The topological polar surface area (TPSA) is 247 Å². The molecule has 4 fully saturated rings. The normalized spacial score (nSPS) is 19.0. The standard InChI is InChI=1S/C58H77F2N16O7PS2/c1-3-73(55-7-5-31-61-55)75(85(78,79)51-21-17-47(18-22-51)67-57-63-33-25-53(69-57)65-45-13-9-43(59)10-14-45)49-27-35-71(36-28-49)39-41-82-84(77)83-42-40-72-37-29-50(30-38-72)76(74(4-2)56-8-6-32-62-56)86(80,81)52-23-19-48(20-24-52)68-58-64-34-26-54(70-58)66-46-15-11-44(60)12-16-46/h9-26,33-34,49-50,55-56,61-62,84H,3-8,27-32,35-42H2,1-2H3,(H2,63,65,67,69)(H2,64,66,68,70). The Morgan fingerprint density at radius 2 is 0.895 bits per heavy atom. The minimum absolute atomic E-state index is 0.126. The largest absolute Gasteiger partial charge is 0.340 e. The Morgan fingerprint density at radius 3 is 1.24 bits per heavy atom. The Kier molecular flexibility index (Phi) is 21.7. The van der Waals surface area contributed by atoms with E-state index in [9.17, 15) is 30.2 Å². The summed E-state index contributed by atoms with van der Waals surface area (Å²) in [5, 5.41) is 23.5. The second-order valence-electron chi connectivity index (χ2n) is 21.5. The number of hydrogen-bond acceptors (Lipinski definition) is 21. The van der Waals surface area contributed by atoms with Gasteiger partial charge in [0, 0.05) is 73.4 Å². The van der Waals surface area contributed by atoms with Gasteiger partial charge >= 0.3 is 8.25 Å². The fourth-order valence-electron chi connectivity index (χ4n) is 11.4. The number of nitrogens with one attached hydrogen (secondary N) is 6. The first-order valence-electron chi connectivity index (χ1n) is 29.5. The highest BCUT2D eigenvalue weighted by Crippen LogP contribution is 2.33. The minimum atomic E-state index is -4.01. The highest BCUT2D eigenvalue weighted by Gasteiger charge is 2.43. The average Bonchev–Trinajstić information content (AvgIpc) is 1.43. The van der Waals surface area contributed by atoms with Crippen LogP contribution in [0.5, 0.6) is 0 Å². The van der Waals surface area contributed by atoms with Crippen molar-refractivity contribution in [3.8, 4) is 0 Å². The molecule has 23 nitrogen and oxygen atoms in total. The lowest BCUT2D eigenvalue weighted by Crippen LogP contribution is -2.60. The highest BCUT2D eigenvalue weighted by atomic mass is 32.2. The van der Waals surface area contributed by atoms with Gasteiger partial charge in [0.05, 0.1) is 35.3 Å². The van der Waals surface area contributed by atoms with E-state index in [1.165, 1.54) is 24.3 Å². The van der Waals surface area contributed by atoms with Crippen molar-refractivity contribution < 1.29 is 39.2 Å². The molecule has 10 rings (SSSR count). The van der Waals surface area contributed by atoms with Gasteiger partial charge in [-0.1, -0.05) is 13.8 Å². The van der Waals surface area contributed by atoms with Gasteiger partial charge in [0.15, 0.2) is 0 Å². The number of halogens is 2. The number of sulfonamides is 2. The smallest absolute Gasteiger partial charge is 0.319 e. The second-order valence-corrected chi connectivity index (χ2v) is 26.1. The predicted molar refractivity (Wildman–Crippen MR) is 328 cm³/mol. The van der Waals surface area contributed by atoms with E-state index >= 15 is 0 Å². The van der Waals surface area contributed by atoms with E-state index in [0.717, 1.165) is 38.8 Å². The number of likely N-dealkylation sites (tertiary alicyclic amines) is 2. The van der Waals surface area contributed by atoms with Crippen LogP contribution >= 0.6 is 8.25 Å². The number of benzene rings is 4. The molecule has 0 aliphatic carbocycles. The molecule has 4 aliphatic heterocycles. The fraction of sp³-hybridized carbons (Fsp3) is 0.448. The molecule has 0 amide bonds. The number of rotatable bonds is 28. The molecule has 2 unspecified atom stereocenters. The third kappa shape index (κ3) is 16.3. The van der Waals surface area contributed by atoms with Crippen molar-refractivity contribution >= 4 is 74.6 Å². The summed E-state index contributed by atoms with van der Waals surface area (Å²) < 4.78 is 114. The minimum Gasteiger partial charge on any atom is -0.340 e. The Bertz CT molecular complexity index is 3160. The van der Waals surface area contributed by atoms with E-state index in [0.29, 0.717) is 124 Å². The number of hydrazine groups is 2. The van der Waals surface area contributed by atoms with Gasteiger partial charge in [-0.3, -0.25) is 4.57 Å². The zero-order chi connectivity index (χ0) is 60.0. The predicted octanol–water partition coefficient (Wildman–Crippen LogP) is 8.45. The van der Waals surface area contributed by atoms with Crippen LogP contribution in [-0.2, 0) is 33.7 Å². The Morgan fingerprint density at radius 1 is 0.535 bits per heavy atom. The molecule has 6 heterocycles. The van der Waals surface area contributed by atoms with Crippen molar-refractivity contribution in [1.82, 2.24) is 59.2 Å². The van der Waals surface area contributed by atoms with Gasteiger partial charge in [0.25, 0.3) is 20.0 Å². The lowest BCUT2D eigenvalue weighted by molar-refractivity contribution is -0.0364. The molecule has 0 radical (unpaired) electrons. The van der Waals surface area contributed by atoms with Gasteiger partial charge in [0.1, 0.15) is 23.3 Å². The zero-order valence-corrected chi connectivity index (χ0v) is 51.0. The summed E-state index contributed by atoms with van der Waals surface area (Å²) in [4.78, 5) is 22.4. The second kappa shape index (κ2) is 29.7. The average molecular weight is 1240 g/mol. The number of anilines is 8. The lowest BCUT2D eigenvalue weighted by Gasteiger charge is -2.44. The lowest BCUT2D eigenvalue weighted by atomic mass is 10.1. The highest BCUT2D eigenvalue weighted by molar-refractivity contribution is 7.89. The van der Waals surface area contributed by atoms with Gasteiger partial charge in [-0.2, -0.15) is 9.97 Å². The molecule has 2 aromatic heterocycles. The van der Waals surface area contributed by atoms with Crippen LogP contribution < -0.4 is 31.9 Å². The van der Waals surface area contributed by atoms with Crippen molar-refractivity contribution in [2.24, 2.45) is 0 Å². The molecule has 28 heteroatoms. The van der Waals surface area contributed by atoms with E-state index in [4.69, 9.17) is 9.05 Å². The van der Waals surface area contributed by atoms with E-state index in [2.05, 4.69) is 61.6 Å². The molecule has 4 aromatic carbocycles. The van der Waals surface area contributed by atoms with Crippen LogP contribution in [0, 0.1) is 11.6 Å². The molecule has 0 saturated carbocycles. The Balaban J connectivity index is 0.680. The molecule has 86 heavy (non-hydrogen) atoms. The number of piperidine rings is 2. The van der Waals surface area contributed by atoms with Crippen LogP contribution in [0.3, 0.4) is 0 Å². The summed E-state index contributed by atoms with van der Waals surface area (Å²) in [5.74, 6) is 0.899. The van der Waals surface area contributed by atoms with Gasteiger partial charge in [-0.05, 0) is 200 Å². The van der Waals surface area contributed by atoms with Crippen LogP contribution in [0.4, 0.5) is 55.1 Å². The first-order valence-corrected chi connectivity index (χ1v) is 33.6. The SMILES string of the molecule is CCN(C1CCCN1)N(C1CCN(CCO[PH](=O)OCCN2CCC(N(N(CC)C3CCCN3)S(=O)(=O)c3ccc(Nc4nccc(Nc5ccc(F)cc5)n4)cc3)CC2)CC1)S(=O)(=O)c1ccc(Nc2nccc(Nc3ccc(F)cc3)n2)cc1. The summed E-state index contributed by atoms with van der Waals surface area (Å²) in [5.41, 5.74) is 2.52. The molecule has 6 aromatic rings. The molecular weight excluding hydrogens is 1170 g/mol. The number of aromatic nitrogens is 4. The molecule has 6 N–H and O–H groups in total. The summed E-state index contributed by atoms with van der Waals surface area (Å²) in [6.45, 7) is 10.4. The van der Waals surface area contributed by atoms with E-state index in [1.807, 2.05) is 23.9 Å². The van der Waals surface area contributed by atoms with Crippen LogP contribution in [0.2, 0.25) is 0 Å². The summed E-state index contributed by atoms with van der Waals surface area (Å²) in [7, 11) is -10.8. The first kappa shape index (κ1) is 62.9. The van der Waals surface area contributed by atoms with Crippen LogP contribution in [-0.4, -0.2) is 168 Å². The van der Waals surface area contributed by atoms with E-state index in [-0.39, 0.29) is 59.1 Å². The summed E-state index contributed by atoms with van der Waals surface area (Å²) in [6.07, 6.45) is 8.79. The van der Waals surface area contributed by atoms with Crippen molar-refractivity contribution in [3.05, 3.63) is 133 Å². The molecule has 0 bridgehead atoms. The maximum absolute atomic E-state index is 14.8. The van der Waals surface area contributed by atoms with Gasteiger partial charge in [-0.25, -0.2) is 45.6 Å².